The molecule has 1 atom stereocenters. The van der Waals surface area contributed by atoms with Gasteiger partial charge >= 0.3 is 0 Å². The highest BCUT2D eigenvalue weighted by Crippen LogP contribution is 2.28. The fourth-order valence-electron chi connectivity index (χ4n) is 3.03. The molecule has 4 nitrogen and oxygen atoms in total. The summed E-state index contributed by atoms with van der Waals surface area (Å²) >= 11 is 1.65. The lowest BCUT2D eigenvalue weighted by molar-refractivity contribution is 0.208. The van der Waals surface area contributed by atoms with Crippen molar-refractivity contribution in [1.82, 2.24) is 9.88 Å². The molecule has 1 unspecified atom stereocenters. The molecule has 3 heterocycles. The highest BCUT2D eigenvalue weighted by atomic mass is 32.1. The molecule has 2 aromatic heterocycles. The van der Waals surface area contributed by atoms with Gasteiger partial charge in [-0.05, 0) is 50.6 Å². The molecule has 1 saturated heterocycles. The molecular weight excluding hydrogens is 284 g/mol. The lowest BCUT2D eigenvalue weighted by Gasteiger charge is -2.23. The molecule has 0 spiro atoms. The van der Waals surface area contributed by atoms with Crippen LogP contribution in [-0.4, -0.2) is 34.2 Å². The summed E-state index contributed by atoms with van der Waals surface area (Å²) in [5.74, 6) is 1.66. The van der Waals surface area contributed by atoms with E-state index in [1.165, 1.54) is 12.8 Å². The Labute approximate surface area is 129 Å². The van der Waals surface area contributed by atoms with Crippen LogP contribution in [0.1, 0.15) is 37.1 Å². The average molecular weight is 306 g/mol. The molecule has 1 N–H and O–H groups in total. The van der Waals surface area contributed by atoms with Gasteiger partial charge in [0.2, 0.25) is 5.89 Å². The van der Waals surface area contributed by atoms with Crippen LogP contribution in [0.3, 0.4) is 0 Å². The third-order valence-corrected chi connectivity index (χ3v) is 5.03. The van der Waals surface area contributed by atoms with Crippen molar-refractivity contribution < 1.29 is 9.52 Å². The van der Waals surface area contributed by atoms with Gasteiger partial charge in [0.25, 0.3) is 0 Å². The Balaban J connectivity index is 1.70. The molecule has 0 radical (unpaired) electrons. The molecule has 2 aromatic rings. The Morgan fingerprint density at radius 2 is 2.43 bits per heavy atom. The third-order valence-electron chi connectivity index (χ3n) is 4.17. The minimum Gasteiger partial charge on any atom is -0.440 e. The predicted octanol–water partition coefficient (Wildman–Crippen LogP) is 3.45. The molecule has 3 rings (SSSR count). The van der Waals surface area contributed by atoms with Gasteiger partial charge in [-0.2, -0.15) is 0 Å². The molecular formula is C16H22N2O2S. The first-order valence-corrected chi connectivity index (χ1v) is 8.51. The number of aryl methyl sites for hydroxylation is 1. The normalized spacial score (nSPS) is 19.4. The fraction of sp³-hybridized carbons (Fsp3) is 0.562. The predicted molar refractivity (Wildman–Crippen MR) is 84.3 cm³/mol. The summed E-state index contributed by atoms with van der Waals surface area (Å²) < 4.78 is 5.82. The van der Waals surface area contributed by atoms with Crippen molar-refractivity contribution in [3.8, 4) is 10.8 Å². The number of likely N-dealkylation sites (tertiary alicyclic amines) is 1. The van der Waals surface area contributed by atoms with E-state index in [9.17, 15) is 0 Å². The number of oxazole rings is 1. The SMILES string of the molecule is Cc1oc(-c2cccs2)nc1CN1CCCC1CCCO. The third kappa shape index (κ3) is 3.36. The van der Waals surface area contributed by atoms with Gasteiger partial charge < -0.3 is 9.52 Å². The largest absolute Gasteiger partial charge is 0.440 e. The van der Waals surface area contributed by atoms with Crippen molar-refractivity contribution in [2.24, 2.45) is 0 Å². The van der Waals surface area contributed by atoms with Gasteiger partial charge in [-0.25, -0.2) is 4.98 Å². The first-order valence-electron chi connectivity index (χ1n) is 7.63. The van der Waals surface area contributed by atoms with Crippen LogP contribution in [-0.2, 0) is 6.54 Å². The lowest BCUT2D eigenvalue weighted by atomic mass is 10.1. The second-order valence-electron chi connectivity index (χ2n) is 5.63. The van der Waals surface area contributed by atoms with Gasteiger partial charge in [0.15, 0.2) is 0 Å². The highest BCUT2D eigenvalue weighted by molar-refractivity contribution is 7.13. The van der Waals surface area contributed by atoms with E-state index in [4.69, 9.17) is 9.52 Å². The van der Waals surface area contributed by atoms with Gasteiger partial charge in [0, 0.05) is 19.2 Å². The fourth-order valence-corrected chi connectivity index (χ4v) is 3.68. The number of nitrogens with zero attached hydrogens (tertiary/aromatic N) is 2. The summed E-state index contributed by atoms with van der Waals surface area (Å²) in [5.41, 5.74) is 1.05. The van der Waals surface area contributed by atoms with E-state index in [1.54, 1.807) is 11.3 Å². The number of aliphatic hydroxyl groups excluding tert-OH is 1. The molecule has 5 heteroatoms. The molecule has 0 aromatic carbocycles. The Kier molecular flexibility index (Phi) is 4.73. The van der Waals surface area contributed by atoms with Gasteiger partial charge in [-0.3, -0.25) is 4.90 Å². The Hall–Kier alpha value is -1.17. The molecule has 0 saturated carbocycles. The average Bonchev–Trinajstić information content (AvgIpc) is 3.19. The van der Waals surface area contributed by atoms with Crippen molar-refractivity contribution in [2.45, 2.75) is 45.2 Å². The minimum atomic E-state index is 0.288. The second kappa shape index (κ2) is 6.73. The lowest BCUT2D eigenvalue weighted by Crippen LogP contribution is -2.29. The molecule has 1 aliphatic rings. The van der Waals surface area contributed by atoms with Crippen LogP contribution in [0.5, 0.6) is 0 Å². The molecule has 0 aliphatic carbocycles. The number of aliphatic hydroxyl groups is 1. The van der Waals surface area contributed by atoms with Crippen LogP contribution in [0, 0.1) is 6.92 Å². The first kappa shape index (κ1) is 14.8. The van der Waals surface area contributed by atoms with E-state index in [0.29, 0.717) is 6.04 Å². The molecule has 0 bridgehead atoms. The Bertz CT molecular complexity index is 565. The number of thiophene rings is 1. The molecule has 21 heavy (non-hydrogen) atoms. The van der Waals surface area contributed by atoms with E-state index in [0.717, 1.165) is 48.2 Å². The standard InChI is InChI=1S/C16H22N2O2S/c1-12-14(17-16(20-12)15-7-4-10-21-15)11-18-8-2-5-13(18)6-3-9-19/h4,7,10,13,19H,2-3,5-6,8-9,11H2,1H3. The monoisotopic (exact) mass is 306 g/mol. The Morgan fingerprint density at radius 1 is 1.52 bits per heavy atom. The molecule has 1 aliphatic heterocycles. The van der Waals surface area contributed by atoms with E-state index in [2.05, 4.69) is 9.88 Å². The summed E-state index contributed by atoms with van der Waals surface area (Å²) in [7, 11) is 0. The smallest absolute Gasteiger partial charge is 0.236 e. The van der Waals surface area contributed by atoms with Gasteiger partial charge in [-0.1, -0.05) is 6.07 Å². The molecule has 1 fully saturated rings. The van der Waals surface area contributed by atoms with Crippen molar-refractivity contribution in [3.05, 3.63) is 29.0 Å². The van der Waals surface area contributed by atoms with Crippen molar-refractivity contribution in [2.75, 3.05) is 13.2 Å². The van der Waals surface area contributed by atoms with Gasteiger partial charge in [0.1, 0.15) is 5.76 Å². The van der Waals surface area contributed by atoms with Crippen LogP contribution in [0.15, 0.2) is 21.9 Å². The zero-order valence-corrected chi connectivity index (χ0v) is 13.2. The summed E-state index contributed by atoms with van der Waals surface area (Å²) in [6.45, 7) is 4.27. The van der Waals surface area contributed by atoms with Crippen molar-refractivity contribution in [3.63, 3.8) is 0 Å². The maximum atomic E-state index is 9.01. The van der Waals surface area contributed by atoms with Crippen LogP contribution in [0.25, 0.3) is 10.8 Å². The maximum absolute atomic E-state index is 9.01. The molecule has 0 amide bonds. The van der Waals surface area contributed by atoms with E-state index in [-0.39, 0.29) is 6.61 Å². The van der Waals surface area contributed by atoms with E-state index in [1.807, 2.05) is 24.4 Å². The number of hydrogen-bond donors (Lipinski definition) is 1. The summed E-state index contributed by atoms with van der Waals surface area (Å²) in [6.07, 6.45) is 4.43. The minimum absolute atomic E-state index is 0.288. The van der Waals surface area contributed by atoms with Crippen LogP contribution in [0.4, 0.5) is 0 Å². The highest BCUT2D eigenvalue weighted by Gasteiger charge is 2.26. The Morgan fingerprint density at radius 3 is 3.19 bits per heavy atom. The van der Waals surface area contributed by atoms with Crippen LogP contribution in [0.2, 0.25) is 0 Å². The summed E-state index contributed by atoms with van der Waals surface area (Å²) in [4.78, 5) is 8.25. The van der Waals surface area contributed by atoms with Crippen LogP contribution < -0.4 is 0 Å². The quantitative estimate of drug-likeness (QED) is 0.888. The number of rotatable bonds is 6. The number of hydrogen-bond acceptors (Lipinski definition) is 5. The van der Waals surface area contributed by atoms with E-state index < -0.39 is 0 Å². The van der Waals surface area contributed by atoms with Gasteiger partial charge in [-0.15, -0.1) is 11.3 Å². The summed E-state index contributed by atoms with van der Waals surface area (Å²) in [5, 5.41) is 11.1. The zero-order chi connectivity index (χ0) is 14.7. The number of aromatic nitrogens is 1. The van der Waals surface area contributed by atoms with Crippen molar-refractivity contribution >= 4 is 11.3 Å². The molecule has 114 valence electrons. The summed E-state index contributed by atoms with van der Waals surface area (Å²) in [6, 6.07) is 4.64. The van der Waals surface area contributed by atoms with Gasteiger partial charge in [0.05, 0.1) is 10.6 Å². The van der Waals surface area contributed by atoms with E-state index >= 15 is 0 Å². The topological polar surface area (TPSA) is 49.5 Å². The second-order valence-corrected chi connectivity index (χ2v) is 6.58. The zero-order valence-electron chi connectivity index (χ0n) is 12.4. The van der Waals surface area contributed by atoms with Crippen molar-refractivity contribution in [1.29, 1.82) is 0 Å². The first-order chi connectivity index (χ1) is 10.3. The maximum Gasteiger partial charge on any atom is 0.236 e. The van der Waals surface area contributed by atoms with Crippen LogP contribution >= 0.6 is 11.3 Å².